The Hall–Kier alpha value is -1.09. The van der Waals surface area contributed by atoms with Crippen LogP contribution in [0.4, 0.5) is 10.1 Å². The number of nitrogens with one attached hydrogen (secondary N) is 1. The number of aryl methyl sites for hydroxylation is 1. The van der Waals surface area contributed by atoms with E-state index in [1.807, 2.05) is 19.1 Å². The summed E-state index contributed by atoms with van der Waals surface area (Å²) in [7, 11) is 0. The van der Waals surface area contributed by atoms with Crippen LogP contribution >= 0.6 is 0 Å². The second-order valence-corrected chi connectivity index (χ2v) is 6.33. The van der Waals surface area contributed by atoms with E-state index in [0.29, 0.717) is 0 Å². The monoisotopic (exact) mass is 262 g/mol. The molecule has 2 nitrogen and oxygen atoms in total. The third kappa shape index (κ3) is 2.62. The van der Waals surface area contributed by atoms with Crippen molar-refractivity contribution in [1.82, 2.24) is 5.32 Å². The highest BCUT2D eigenvalue weighted by Gasteiger charge is 2.43. The van der Waals surface area contributed by atoms with Crippen LogP contribution in [0.25, 0.3) is 0 Å². The Morgan fingerprint density at radius 3 is 2.84 bits per heavy atom. The summed E-state index contributed by atoms with van der Waals surface area (Å²) in [5.74, 6) is 0.705. The molecule has 3 rings (SSSR count). The van der Waals surface area contributed by atoms with Gasteiger partial charge in [-0.3, -0.25) is 0 Å². The van der Waals surface area contributed by atoms with Crippen LogP contribution in [-0.4, -0.2) is 25.2 Å². The van der Waals surface area contributed by atoms with Gasteiger partial charge in [0.05, 0.1) is 0 Å². The third-order valence-electron chi connectivity index (χ3n) is 4.64. The number of halogens is 1. The third-order valence-corrected chi connectivity index (χ3v) is 4.64. The van der Waals surface area contributed by atoms with E-state index < -0.39 is 0 Å². The van der Waals surface area contributed by atoms with Crippen molar-refractivity contribution >= 4 is 5.69 Å². The summed E-state index contributed by atoms with van der Waals surface area (Å²) in [5, 5.41) is 3.73. The van der Waals surface area contributed by atoms with Gasteiger partial charge in [-0.2, -0.15) is 0 Å². The molecular formula is C16H23FN2. The van der Waals surface area contributed by atoms with E-state index in [0.717, 1.165) is 43.2 Å². The van der Waals surface area contributed by atoms with E-state index >= 15 is 0 Å². The molecule has 0 aromatic heterocycles. The molecule has 1 aliphatic carbocycles. The molecule has 1 aromatic rings. The highest BCUT2D eigenvalue weighted by Crippen LogP contribution is 2.41. The Morgan fingerprint density at radius 2 is 2.16 bits per heavy atom. The van der Waals surface area contributed by atoms with Crippen LogP contribution in [0.2, 0.25) is 0 Å². The molecule has 2 aliphatic rings. The Bertz CT molecular complexity index is 470. The first-order chi connectivity index (χ1) is 9.08. The van der Waals surface area contributed by atoms with Gasteiger partial charge in [-0.25, -0.2) is 4.39 Å². The number of hydrogen-bond acceptors (Lipinski definition) is 2. The standard InChI is InChI=1S/C16H23FN2/c1-12-10-14(6-7-15(12)17)19-9-3-8-18-16(2,11-19)13-4-5-13/h6-7,10,13,18H,3-5,8-9,11H2,1-2H3. The zero-order chi connectivity index (χ0) is 13.5. The molecule has 0 spiro atoms. The van der Waals surface area contributed by atoms with Crippen molar-refractivity contribution in [2.24, 2.45) is 5.92 Å². The molecule has 0 amide bonds. The largest absolute Gasteiger partial charge is 0.370 e. The minimum atomic E-state index is -0.110. The number of anilines is 1. The molecule has 1 saturated heterocycles. The molecule has 3 heteroatoms. The molecular weight excluding hydrogens is 239 g/mol. The molecule has 2 fully saturated rings. The minimum Gasteiger partial charge on any atom is -0.370 e. The number of nitrogens with zero attached hydrogens (tertiary/aromatic N) is 1. The predicted octanol–water partition coefficient (Wildman–Crippen LogP) is 3.10. The summed E-state index contributed by atoms with van der Waals surface area (Å²) in [6.07, 6.45) is 3.85. The summed E-state index contributed by atoms with van der Waals surface area (Å²) >= 11 is 0. The topological polar surface area (TPSA) is 15.3 Å². The van der Waals surface area contributed by atoms with Crippen molar-refractivity contribution in [2.75, 3.05) is 24.5 Å². The van der Waals surface area contributed by atoms with Crippen molar-refractivity contribution in [3.05, 3.63) is 29.6 Å². The fourth-order valence-electron chi connectivity index (χ4n) is 3.22. The molecule has 19 heavy (non-hydrogen) atoms. The maximum absolute atomic E-state index is 13.4. The van der Waals surface area contributed by atoms with Crippen LogP contribution in [0.5, 0.6) is 0 Å². The molecule has 1 atom stereocenters. The van der Waals surface area contributed by atoms with Crippen LogP contribution < -0.4 is 10.2 Å². The van der Waals surface area contributed by atoms with Crippen LogP contribution in [0.3, 0.4) is 0 Å². The SMILES string of the molecule is Cc1cc(N2CCCNC(C)(C3CC3)C2)ccc1F. The summed E-state index contributed by atoms with van der Waals surface area (Å²) in [6.45, 7) is 7.36. The average Bonchev–Trinajstić information content (AvgIpc) is 3.19. The molecule has 0 radical (unpaired) electrons. The summed E-state index contributed by atoms with van der Waals surface area (Å²) in [5.41, 5.74) is 2.12. The quantitative estimate of drug-likeness (QED) is 0.881. The molecule has 1 unspecified atom stereocenters. The minimum absolute atomic E-state index is 0.110. The predicted molar refractivity (Wildman–Crippen MR) is 77.1 cm³/mol. The van der Waals surface area contributed by atoms with Crippen molar-refractivity contribution < 1.29 is 4.39 Å². The molecule has 1 saturated carbocycles. The molecule has 0 bridgehead atoms. The van der Waals surface area contributed by atoms with Crippen molar-refractivity contribution in [2.45, 2.75) is 38.6 Å². The van der Waals surface area contributed by atoms with Crippen LogP contribution in [-0.2, 0) is 0 Å². The first-order valence-electron chi connectivity index (χ1n) is 7.35. The highest BCUT2D eigenvalue weighted by atomic mass is 19.1. The zero-order valence-corrected chi connectivity index (χ0v) is 11.9. The van der Waals surface area contributed by atoms with Gasteiger partial charge >= 0.3 is 0 Å². The Labute approximate surface area is 115 Å². The Morgan fingerprint density at radius 1 is 1.37 bits per heavy atom. The molecule has 1 aliphatic heterocycles. The van der Waals surface area contributed by atoms with Crippen molar-refractivity contribution in [1.29, 1.82) is 0 Å². The normalized spacial score (nSPS) is 28.3. The van der Waals surface area contributed by atoms with Gasteiger partial charge in [-0.05, 0) is 69.3 Å². The lowest BCUT2D eigenvalue weighted by Gasteiger charge is -2.35. The first-order valence-corrected chi connectivity index (χ1v) is 7.35. The Kier molecular flexibility index (Phi) is 3.25. The van der Waals surface area contributed by atoms with E-state index in [9.17, 15) is 4.39 Å². The fraction of sp³-hybridized carbons (Fsp3) is 0.625. The molecule has 1 aromatic carbocycles. The van der Waals surface area contributed by atoms with Crippen molar-refractivity contribution in [3.8, 4) is 0 Å². The number of rotatable bonds is 2. The van der Waals surface area contributed by atoms with Gasteiger partial charge < -0.3 is 10.2 Å². The van der Waals surface area contributed by atoms with Crippen LogP contribution in [0.15, 0.2) is 18.2 Å². The maximum Gasteiger partial charge on any atom is 0.126 e. The molecule has 1 heterocycles. The van der Waals surface area contributed by atoms with Gasteiger partial charge in [0.2, 0.25) is 0 Å². The number of benzene rings is 1. The van der Waals surface area contributed by atoms with E-state index in [1.165, 1.54) is 12.8 Å². The van der Waals surface area contributed by atoms with E-state index in [-0.39, 0.29) is 11.4 Å². The van der Waals surface area contributed by atoms with Gasteiger partial charge in [0.15, 0.2) is 0 Å². The van der Waals surface area contributed by atoms with Gasteiger partial charge in [0.25, 0.3) is 0 Å². The second kappa shape index (κ2) is 4.78. The Balaban J connectivity index is 1.83. The van der Waals surface area contributed by atoms with Crippen molar-refractivity contribution in [3.63, 3.8) is 0 Å². The van der Waals surface area contributed by atoms with Gasteiger partial charge in [-0.1, -0.05) is 0 Å². The summed E-state index contributed by atoms with van der Waals surface area (Å²) in [4.78, 5) is 2.42. The van der Waals surface area contributed by atoms with E-state index in [4.69, 9.17) is 0 Å². The van der Waals surface area contributed by atoms with Crippen LogP contribution in [0, 0.1) is 18.7 Å². The zero-order valence-electron chi connectivity index (χ0n) is 11.9. The maximum atomic E-state index is 13.4. The average molecular weight is 262 g/mol. The number of hydrogen-bond donors (Lipinski definition) is 1. The second-order valence-electron chi connectivity index (χ2n) is 6.33. The van der Waals surface area contributed by atoms with E-state index in [1.54, 1.807) is 6.07 Å². The first kappa shape index (κ1) is 12.9. The lowest BCUT2D eigenvalue weighted by atomic mass is 9.95. The fourth-order valence-corrected chi connectivity index (χ4v) is 3.22. The summed E-state index contributed by atoms with van der Waals surface area (Å²) < 4.78 is 13.4. The lowest BCUT2D eigenvalue weighted by molar-refractivity contribution is 0.331. The molecule has 104 valence electrons. The van der Waals surface area contributed by atoms with Gasteiger partial charge in [0.1, 0.15) is 5.82 Å². The smallest absolute Gasteiger partial charge is 0.126 e. The highest BCUT2D eigenvalue weighted by molar-refractivity contribution is 5.49. The lowest BCUT2D eigenvalue weighted by Crippen LogP contribution is -2.51. The van der Waals surface area contributed by atoms with E-state index in [2.05, 4.69) is 17.1 Å². The van der Waals surface area contributed by atoms with Gasteiger partial charge in [0, 0.05) is 24.3 Å². The van der Waals surface area contributed by atoms with Gasteiger partial charge in [-0.15, -0.1) is 0 Å². The molecule has 1 N–H and O–H groups in total. The van der Waals surface area contributed by atoms with Crippen LogP contribution in [0.1, 0.15) is 31.7 Å². The summed E-state index contributed by atoms with van der Waals surface area (Å²) in [6, 6.07) is 5.49.